The molecule has 0 bridgehead atoms. The Labute approximate surface area is 288 Å². The molecule has 46 heavy (non-hydrogen) atoms. The van der Waals surface area contributed by atoms with Gasteiger partial charge in [-0.25, -0.2) is 0 Å². The van der Waals surface area contributed by atoms with E-state index in [1.165, 1.54) is 26.4 Å². The molecule has 0 N–H and O–H groups in total. The topological polar surface area (TPSA) is 123 Å². The van der Waals surface area contributed by atoms with Crippen molar-refractivity contribution in [2.75, 3.05) is 14.2 Å². The summed E-state index contributed by atoms with van der Waals surface area (Å²) in [6, 6.07) is 16.7. The van der Waals surface area contributed by atoms with Crippen LogP contribution in [0.1, 0.15) is 34.5 Å². The summed E-state index contributed by atoms with van der Waals surface area (Å²) < 4.78 is 24.8. The molecule has 0 saturated heterocycles. The molecule has 0 fully saturated rings. The number of hydrogen-bond donors (Lipinski definition) is 0. The zero-order valence-corrected chi connectivity index (χ0v) is 28.4. The minimum Gasteiger partial charge on any atom is -0.497 e. The van der Waals surface area contributed by atoms with Crippen LogP contribution in [0.4, 0.5) is 0 Å². The lowest BCUT2D eigenvalue weighted by Crippen LogP contribution is -2.21. The van der Waals surface area contributed by atoms with E-state index in [0.717, 1.165) is 0 Å². The highest BCUT2D eigenvalue weighted by molar-refractivity contribution is 9.11. The fraction of sp³-hybridized carbons (Fsp3) is 0.125. The molecule has 2 aliphatic heterocycles. The minimum absolute atomic E-state index is 0.0872. The highest BCUT2D eigenvalue weighted by atomic mass is 79.9. The van der Waals surface area contributed by atoms with E-state index in [9.17, 15) is 20.2 Å². The fourth-order valence-corrected chi connectivity index (χ4v) is 7.43. The van der Waals surface area contributed by atoms with Crippen molar-refractivity contribution in [3.8, 4) is 34.1 Å². The summed E-state index contributed by atoms with van der Waals surface area (Å²) in [5.74, 6) is 1.47. The summed E-state index contributed by atoms with van der Waals surface area (Å²) in [6.07, 6.45) is 0.539. The first-order valence-electron chi connectivity index (χ1n) is 13.4. The number of benzene rings is 4. The van der Waals surface area contributed by atoms with Gasteiger partial charge in [0.1, 0.15) is 11.5 Å². The molecule has 2 aliphatic rings. The predicted octanol–water partition coefficient (Wildman–Crippen LogP) is 9.71. The van der Waals surface area contributed by atoms with E-state index in [2.05, 4.69) is 31.9 Å². The van der Waals surface area contributed by atoms with Crippen molar-refractivity contribution in [3.63, 3.8) is 0 Å². The lowest BCUT2D eigenvalue weighted by molar-refractivity contribution is -0.434. The number of hydrogen-bond acceptors (Lipinski definition) is 8. The van der Waals surface area contributed by atoms with Crippen molar-refractivity contribution in [2.45, 2.75) is 12.2 Å². The number of rotatable bonds is 7. The zero-order valence-electron chi connectivity index (χ0n) is 23.8. The molecule has 14 heteroatoms. The fourth-order valence-electron chi connectivity index (χ4n) is 5.41. The molecule has 2 atom stereocenters. The van der Waals surface area contributed by atoms with Crippen molar-refractivity contribution in [1.82, 2.24) is 0 Å². The maximum atomic E-state index is 12.3. The monoisotopic (exact) mass is 788 g/mol. The van der Waals surface area contributed by atoms with Crippen LogP contribution in [0.2, 0.25) is 10.0 Å². The van der Waals surface area contributed by atoms with Gasteiger partial charge in [0.2, 0.25) is 12.2 Å². The Kier molecular flexibility index (Phi) is 8.73. The second-order valence-corrected chi connectivity index (χ2v) is 12.7. The number of methoxy groups -OCH3 is 2. The summed E-state index contributed by atoms with van der Waals surface area (Å²) in [4.78, 5) is 23.3. The van der Waals surface area contributed by atoms with Gasteiger partial charge < -0.3 is 18.9 Å². The molecule has 0 spiro atoms. The Morgan fingerprint density at radius 2 is 1.39 bits per heavy atom. The van der Waals surface area contributed by atoms with Crippen molar-refractivity contribution in [3.05, 3.63) is 134 Å². The van der Waals surface area contributed by atoms with Crippen LogP contribution >= 0.6 is 55.1 Å². The van der Waals surface area contributed by atoms with Crippen molar-refractivity contribution < 1.29 is 28.8 Å². The van der Waals surface area contributed by atoms with E-state index in [0.29, 0.717) is 48.3 Å². The molecule has 2 heterocycles. The first-order chi connectivity index (χ1) is 22.0. The Bertz CT molecular complexity index is 2000. The second-order valence-electron chi connectivity index (χ2n) is 10.1. The summed E-state index contributed by atoms with van der Waals surface area (Å²) in [5, 5.41) is 24.6. The third-order valence-electron chi connectivity index (χ3n) is 7.52. The van der Waals surface area contributed by atoms with Gasteiger partial charge in [-0.2, -0.15) is 0 Å². The van der Waals surface area contributed by atoms with Crippen LogP contribution in [0.3, 0.4) is 0 Å². The van der Waals surface area contributed by atoms with E-state index in [4.69, 9.17) is 42.1 Å². The predicted molar refractivity (Wildman–Crippen MR) is 180 cm³/mol. The molecule has 2 unspecified atom stereocenters. The second kappa shape index (κ2) is 12.6. The molecule has 0 aromatic heterocycles. The van der Waals surface area contributed by atoms with E-state index in [-0.39, 0.29) is 38.5 Å². The first kappa shape index (κ1) is 31.9. The molecular weight excluding hydrogens is 771 g/mol. The molecule has 0 saturated carbocycles. The molecule has 6 rings (SSSR count). The molecule has 0 aliphatic carbocycles. The van der Waals surface area contributed by atoms with Gasteiger partial charge in [0.15, 0.2) is 11.5 Å². The number of halogens is 4. The van der Waals surface area contributed by atoms with Crippen molar-refractivity contribution in [2.24, 2.45) is 0 Å². The van der Waals surface area contributed by atoms with Gasteiger partial charge in [-0.1, -0.05) is 63.4 Å². The van der Waals surface area contributed by atoms with Gasteiger partial charge >= 0.3 is 0 Å². The van der Waals surface area contributed by atoms with E-state index in [1.807, 2.05) is 0 Å². The van der Waals surface area contributed by atoms with Crippen LogP contribution in [0.5, 0.6) is 23.0 Å². The molecule has 234 valence electrons. The SMILES string of the molecule is COc1ccc(C2Oc3c(ccc(-c4ccc(Cl)c(C5Oc6c(Br)cc(Br)cc6C=C5[N+](=O)[O-])c4Cl)c3OC)C=C2[N+](=O)[O-])cc1. The normalized spacial score (nSPS) is 16.6. The van der Waals surface area contributed by atoms with Gasteiger partial charge in [0.25, 0.3) is 11.4 Å². The quantitative estimate of drug-likeness (QED) is 0.134. The van der Waals surface area contributed by atoms with E-state index in [1.54, 1.807) is 60.7 Å². The Morgan fingerprint density at radius 1 is 0.761 bits per heavy atom. The molecule has 4 aromatic carbocycles. The lowest BCUT2D eigenvalue weighted by Gasteiger charge is -2.27. The molecular formula is C32H20Br2Cl2N2O8. The Balaban J connectivity index is 1.48. The Morgan fingerprint density at radius 3 is 2.04 bits per heavy atom. The summed E-state index contributed by atoms with van der Waals surface area (Å²) in [7, 11) is 2.96. The van der Waals surface area contributed by atoms with Crippen LogP contribution in [0.15, 0.2) is 81.0 Å². The Hall–Kier alpha value is -4.10. The number of ether oxygens (including phenoxy) is 4. The first-order valence-corrected chi connectivity index (χ1v) is 15.7. The van der Waals surface area contributed by atoms with Crippen molar-refractivity contribution in [1.29, 1.82) is 0 Å². The highest BCUT2D eigenvalue weighted by Gasteiger charge is 2.39. The van der Waals surface area contributed by atoms with Crippen LogP contribution in [0.25, 0.3) is 23.3 Å². The van der Waals surface area contributed by atoms with Gasteiger partial charge in [-0.15, -0.1) is 0 Å². The van der Waals surface area contributed by atoms with Crippen LogP contribution in [-0.4, -0.2) is 24.1 Å². The number of nitrogens with zero attached hydrogens (tertiary/aromatic N) is 2. The number of fused-ring (bicyclic) bond motifs is 2. The average Bonchev–Trinajstić information content (AvgIpc) is 3.03. The summed E-state index contributed by atoms with van der Waals surface area (Å²) in [5.41, 5.74) is 2.08. The molecule has 4 aromatic rings. The van der Waals surface area contributed by atoms with Gasteiger partial charge in [-0.05, 0) is 52.3 Å². The summed E-state index contributed by atoms with van der Waals surface area (Å²) in [6.45, 7) is 0. The third-order valence-corrected chi connectivity index (χ3v) is 9.30. The van der Waals surface area contributed by atoms with Crippen LogP contribution < -0.4 is 18.9 Å². The van der Waals surface area contributed by atoms with Crippen molar-refractivity contribution >= 4 is 67.2 Å². The minimum atomic E-state index is -1.26. The lowest BCUT2D eigenvalue weighted by atomic mass is 9.94. The van der Waals surface area contributed by atoms with Gasteiger partial charge in [-0.3, -0.25) is 20.2 Å². The average molecular weight is 791 g/mol. The molecule has 0 amide bonds. The standard InChI is InChI=1S/C32H20Br2Cl2N2O8/c1-43-19-6-3-15(4-7-19)29-24(37(39)40)12-16-5-8-21(31(44-2)30(16)46-29)20-9-10-23(35)26(27(20)36)32-25(38(41)42)13-17-11-18(33)14-22(34)28(17)45-32/h3-14,29,32H,1-2H3. The highest BCUT2D eigenvalue weighted by Crippen LogP contribution is 2.52. The maximum absolute atomic E-state index is 12.3. The summed E-state index contributed by atoms with van der Waals surface area (Å²) >= 11 is 20.6. The third kappa shape index (κ3) is 5.59. The smallest absolute Gasteiger partial charge is 0.291 e. The van der Waals surface area contributed by atoms with Gasteiger partial charge in [0, 0.05) is 55.0 Å². The largest absolute Gasteiger partial charge is 0.497 e. The maximum Gasteiger partial charge on any atom is 0.291 e. The molecule has 0 radical (unpaired) electrons. The molecule has 10 nitrogen and oxygen atoms in total. The number of nitro groups is 2. The van der Waals surface area contributed by atoms with Crippen LogP contribution in [-0.2, 0) is 0 Å². The van der Waals surface area contributed by atoms with Crippen LogP contribution in [0, 0.1) is 20.2 Å². The van der Waals surface area contributed by atoms with E-state index < -0.39 is 22.1 Å². The van der Waals surface area contributed by atoms with E-state index >= 15 is 0 Å². The zero-order chi connectivity index (χ0) is 32.9. The van der Waals surface area contributed by atoms with Gasteiger partial charge in [0.05, 0.1) is 33.6 Å².